The van der Waals surface area contributed by atoms with Crippen molar-refractivity contribution in [2.24, 2.45) is 5.92 Å². The van der Waals surface area contributed by atoms with Crippen molar-refractivity contribution in [1.29, 1.82) is 0 Å². The largest absolute Gasteiger partial charge is 0.310 e. The predicted molar refractivity (Wildman–Crippen MR) is 76.2 cm³/mol. The van der Waals surface area contributed by atoms with Crippen LogP contribution in [0.25, 0.3) is 0 Å². The summed E-state index contributed by atoms with van der Waals surface area (Å²) < 4.78 is 13.4. The van der Waals surface area contributed by atoms with Gasteiger partial charge in [-0.3, -0.25) is 0 Å². The van der Waals surface area contributed by atoms with Gasteiger partial charge in [-0.15, -0.1) is 0 Å². The second-order valence-corrected chi connectivity index (χ2v) is 5.03. The van der Waals surface area contributed by atoms with Crippen LogP contribution in [0, 0.1) is 18.7 Å². The molecule has 0 aliphatic carbocycles. The highest BCUT2D eigenvalue weighted by Gasteiger charge is 2.17. The topological polar surface area (TPSA) is 12.0 Å². The smallest absolute Gasteiger partial charge is 0.123 e. The van der Waals surface area contributed by atoms with Gasteiger partial charge >= 0.3 is 0 Å². The van der Waals surface area contributed by atoms with E-state index in [1.807, 2.05) is 6.07 Å². The Kier molecular flexibility index (Phi) is 6.34. The molecule has 1 aromatic carbocycles. The third-order valence-electron chi connectivity index (χ3n) is 3.79. The molecular formula is C16H26FN. The molecule has 0 aliphatic heterocycles. The molecule has 0 amide bonds. The van der Waals surface area contributed by atoms with Gasteiger partial charge in [0.05, 0.1) is 0 Å². The summed E-state index contributed by atoms with van der Waals surface area (Å²) in [4.78, 5) is 0. The van der Waals surface area contributed by atoms with Crippen molar-refractivity contribution in [1.82, 2.24) is 5.32 Å². The zero-order chi connectivity index (χ0) is 13.5. The lowest BCUT2D eigenvalue weighted by Gasteiger charge is -2.24. The number of hydrogen-bond donors (Lipinski definition) is 1. The van der Waals surface area contributed by atoms with Crippen molar-refractivity contribution < 1.29 is 4.39 Å². The van der Waals surface area contributed by atoms with E-state index in [1.54, 1.807) is 12.1 Å². The van der Waals surface area contributed by atoms with Crippen LogP contribution in [0.15, 0.2) is 18.2 Å². The number of halogens is 1. The first-order valence-electron chi connectivity index (χ1n) is 7.11. The summed E-state index contributed by atoms with van der Waals surface area (Å²) in [7, 11) is 0. The fourth-order valence-corrected chi connectivity index (χ4v) is 2.51. The lowest BCUT2D eigenvalue weighted by Crippen LogP contribution is -2.24. The summed E-state index contributed by atoms with van der Waals surface area (Å²) in [5, 5.41) is 3.50. The Morgan fingerprint density at radius 1 is 1.17 bits per heavy atom. The molecule has 1 atom stereocenters. The van der Waals surface area contributed by atoms with Gasteiger partial charge in [-0.05, 0) is 49.1 Å². The first-order chi connectivity index (χ1) is 8.62. The molecule has 0 saturated heterocycles. The van der Waals surface area contributed by atoms with E-state index in [9.17, 15) is 4.39 Å². The number of benzene rings is 1. The lowest BCUT2D eigenvalue weighted by molar-refractivity contribution is 0.374. The summed E-state index contributed by atoms with van der Waals surface area (Å²) in [5.41, 5.74) is 2.29. The molecule has 102 valence electrons. The summed E-state index contributed by atoms with van der Waals surface area (Å²) in [6.45, 7) is 9.55. The highest BCUT2D eigenvalue weighted by molar-refractivity contribution is 5.29. The highest BCUT2D eigenvalue weighted by Crippen LogP contribution is 2.27. The van der Waals surface area contributed by atoms with Gasteiger partial charge in [0, 0.05) is 6.04 Å². The molecule has 1 rings (SSSR count). The number of hydrogen-bond acceptors (Lipinski definition) is 1. The van der Waals surface area contributed by atoms with Gasteiger partial charge in [0.25, 0.3) is 0 Å². The van der Waals surface area contributed by atoms with Crippen LogP contribution in [0.2, 0.25) is 0 Å². The summed E-state index contributed by atoms with van der Waals surface area (Å²) in [6.07, 6.45) is 3.46. The van der Waals surface area contributed by atoms with E-state index in [0.717, 1.165) is 18.5 Å². The molecule has 18 heavy (non-hydrogen) atoms. The minimum atomic E-state index is -0.136. The maximum absolute atomic E-state index is 13.4. The van der Waals surface area contributed by atoms with Crippen LogP contribution in [0.4, 0.5) is 4.39 Å². The molecule has 0 spiro atoms. The van der Waals surface area contributed by atoms with Crippen molar-refractivity contribution in [3.05, 3.63) is 35.1 Å². The van der Waals surface area contributed by atoms with Crippen LogP contribution in [0.3, 0.4) is 0 Å². The number of aryl methyl sites for hydroxylation is 1. The van der Waals surface area contributed by atoms with E-state index < -0.39 is 0 Å². The third kappa shape index (κ3) is 4.09. The molecule has 2 heteroatoms. The van der Waals surface area contributed by atoms with Gasteiger partial charge in [0.1, 0.15) is 5.82 Å². The van der Waals surface area contributed by atoms with Crippen molar-refractivity contribution >= 4 is 0 Å². The lowest BCUT2D eigenvalue weighted by atomic mass is 9.89. The molecule has 0 bridgehead atoms. The fourth-order valence-electron chi connectivity index (χ4n) is 2.51. The Morgan fingerprint density at radius 2 is 1.83 bits per heavy atom. The second kappa shape index (κ2) is 7.52. The summed E-state index contributed by atoms with van der Waals surface area (Å²) in [5.74, 6) is 0.569. The van der Waals surface area contributed by atoms with Crippen molar-refractivity contribution in [3.63, 3.8) is 0 Å². The van der Waals surface area contributed by atoms with Crippen molar-refractivity contribution in [2.45, 2.75) is 53.0 Å². The van der Waals surface area contributed by atoms with E-state index in [2.05, 4.69) is 33.0 Å². The first-order valence-corrected chi connectivity index (χ1v) is 7.11. The normalized spacial score (nSPS) is 13.0. The number of nitrogens with one attached hydrogen (secondary N) is 1. The molecule has 0 fully saturated rings. The van der Waals surface area contributed by atoms with Crippen LogP contribution in [-0.4, -0.2) is 6.54 Å². The summed E-state index contributed by atoms with van der Waals surface area (Å²) in [6, 6.07) is 5.38. The second-order valence-electron chi connectivity index (χ2n) is 5.03. The van der Waals surface area contributed by atoms with E-state index in [1.165, 1.54) is 18.4 Å². The molecule has 1 nitrogen and oxygen atoms in total. The van der Waals surface area contributed by atoms with Crippen LogP contribution in [-0.2, 0) is 0 Å². The molecule has 0 saturated carbocycles. The zero-order valence-electron chi connectivity index (χ0n) is 12.1. The van der Waals surface area contributed by atoms with E-state index in [-0.39, 0.29) is 11.9 Å². The van der Waals surface area contributed by atoms with Crippen LogP contribution in [0.5, 0.6) is 0 Å². The Balaban J connectivity index is 2.92. The van der Waals surface area contributed by atoms with E-state index in [0.29, 0.717) is 5.92 Å². The van der Waals surface area contributed by atoms with Gasteiger partial charge in [0.2, 0.25) is 0 Å². The Morgan fingerprint density at radius 3 is 2.39 bits per heavy atom. The first kappa shape index (κ1) is 15.2. The SMILES string of the molecule is CCNC(CC(CC)CC)c1cc(F)ccc1C. The molecular weight excluding hydrogens is 225 g/mol. The molecule has 1 unspecified atom stereocenters. The average Bonchev–Trinajstić information content (AvgIpc) is 2.37. The monoisotopic (exact) mass is 251 g/mol. The molecule has 0 aliphatic rings. The van der Waals surface area contributed by atoms with E-state index >= 15 is 0 Å². The minimum Gasteiger partial charge on any atom is -0.310 e. The van der Waals surface area contributed by atoms with Crippen LogP contribution < -0.4 is 5.32 Å². The minimum absolute atomic E-state index is 0.136. The molecule has 1 N–H and O–H groups in total. The Labute approximate surface area is 111 Å². The zero-order valence-corrected chi connectivity index (χ0v) is 12.1. The summed E-state index contributed by atoms with van der Waals surface area (Å²) >= 11 is 0. The van der Waals surface area contributed by atoms with Crippen LogP contribution >= 0.6 is 0 Å². The van der Waals surface area contributed by atoms with Crippen molar-refractivity contribution in [3.8, 4) is 0 Å². The quantitative estimate of drug-likeness (QED) is 0.746. The van der Waals surface area contributed by atoms with Gasteiger partial charge in [0.15, 0.2) is 0 Å². The molecule has 0 heterocycles. The molecule has 0 aromatic heterocycles. The highest BCUT2D eigenvalue weighted by atomic mass is 19.1. The Bertz CT molecular complexity index is 358. The van der Waals surface area contributed by atoms with Crippen LogP contribution in [0.1, 0.15) is 57.2 Å². The number of rotatable bonds is 7. The van der Waals surface area contributed by atoms with Crippen molar-refractivity contribution in [2.75, 3.05) is 6.54 Å². The van der Waals surface area contributed by atoms with Gasteiger partial charge in [-0.2, -0.15) is 0 Å². The maximum atomic E-state index is 13.4. The fraction of sp³-hybridized carbons (Fsp3) is 0.625. The van der Waals surface area contributed by atoms with Gasteiger partial charge in [-0.25, -0.2) is 4.39 Å². The molecule has 1 aromatic rings. The average molecular weight is 251 g/mol. The predicted octanol–water partition coefficient (Wildman–Crippen LogP) is 4.61. The van der Waals surface area contributed by atoms with E-state index in [4.69, 9.17) is 0 Å². The standard InChI is InChI=1S/C16H26FN/c1-5-13(6-2)10-16(18-7-3)15-11-14(17)9-8-12(15)4/h8-9,11,13,16,18H,5-7,10H2,1-4H3. The maximum Gasteiger partial charge on any atom is 0.123 e. The van der Waals surface area contributed by atoms with Gasteiger partial charge in [-0.1, -0.05) is 39.7 Å². The van der Waals surface area contributed by atoms with Gasteiger partial charge < -0.3 is 5.32 Å². The Hall–Kier alpha value is -0.890. The molecule has 0 radical (unpaired) electrons. The third-order valence-corrected chi connectivity index (χ3v) is 3.79.